The van der Waals surface area contributed by atoms with Crippen LogP contribution >= 0.6 is 0 Å². The van der Waals surface area contributed by atoms with E-state index in [1.54, 1.807) is 24.4 Å². The first-order valence-corrected chi connectivity index (χ1v) is 10.7. The predicted octanol–water partition coefficient (Wildman–Crippen LogP) is 2.33. The van der Waals surface area contributed by atoms with Crippen LogP contribution in [0.4, 0.5) is 0 Å². The van der Waals surface area contributed by atoms with Crippen molar-refractivity contribution < 1.29 is 14.3 Å². The zero-order chi connectivity index (χ0) is 16.0. The van der Waals surface area contributed by atoms with Crippen molar-refractivity contribution in [3.05, 3.63) is 30.1 Å². The van der Waals surface area contributed by atoms with Crippen LogP contribution in [0.2, 0.25) is 25.7 Å². The Balaban J connectivity index is 2.84. The van der Waals surface area contributed by atoms with E-state index >= 15 is 0 Å². The molecule has 1 aromatic heterocycles. The Morgan fingerprint density at radius 2 is 2.00 bits per heavy atom. The molecule has 0 bridgehead atoms. The maximum absolute atomic E-state index is 12.2. The Morgan fingerprint density at radius 1 is 1.33 bits per heavy atom. The number of carbonyl (C=O) groups excluding carboxylic acids is 2. The number of methoxy groups -OCH3 is 1. The zero-order valence-electron chi connectivity index (χ0n) is 13.3. The molecule has 0 fully saturated rings. The van der Waals surface area contributed by atoms with Crippen LogP contribution in [0.1, 0.15) is 17.4 Å². The Morgan fingerprint density at radius 3 is 2.48 bits per heavy atom. The summed E-state index contributed by atoms with van der Waals surface area (Å²) in [7, 11) is -0.00992. The second-order valence-electron chi connectivity index (χ2n) is 6.43. The minimum atomic E-state index is -1.35. The van der Waals surface area contributed by atoms with E-state index in [9.17, 15) is 9.59 Å². The third kappa shape index (κ3) is 5.67. The molecule has 1 aromatic rings. The molecule has 21 heavy (non-hydrogen) atoms. The van der Waals surface area contributed by atoms with Gasteiger partial charge in [0, 0.05) is 14.3 Å². The summed E-state index contributed by atoms with van der Waals surface area (Å²) >= 11 is 0. The number of hydrogen-bond donors (Lipinski definition) is 1. The van der Waals surface area contributed by atoms with E-state index in [0.717, 1.165) is 6.04 Å². The van der Waals surface area contributed by atoms with Crippen molar-refractivity contribution >= 4 is 20.0 Å². The van der Waals surface area contributed by atoms with Crippen LogP contribution in [0.5, 0.6) is 0 Å². The molecule has 1 heterocycles. The zero-order valence-corrected chi connectivity index (χ0v) is 14.3. The van der Waals surface area contributed by atoms with Crippen molar-refractivity contribution in [2.75, 3.05) is 7.11 Å². The molecule has 2 atom stereocenters. The molecule has 0 aliphatic carbocycles. The fourth-order valence-electron chi connectivity index (χ4n) is 2.36. The van der Waals surface area contributed by atoms with Gasteiger partial charge in [0.05, 0.1) is 7.11 Å². The molecule has 5 nitrogen and oxygen atoms in total. The second kappa shape index (κ2) is 7.35. The van der Waals surface area contributed by atoms with Crippen LogP contribution in [0, 0.1) is 5.92 Å². The van der Waals surface area contributed by atoms with Gasteiger partial charge in [0.25, 0.3) is 5.91 Å². The van der Waals surface area contributed by atoms with E-state index in [-0.39, 0.29) is 11.8 Å². The van der Waals surface area contributed by atoms with Gasteiger partial charge in [0.2, 0.25) is 0 Å². The van der Waals surface area contributed by atoms with Crippen LogP contribution in [0.3, 0.4) is 0 Å². The molecule has 0 aliphatic rings. The van der Waals surface area contributed by atoms with E-state index in [0.29, 0.717) is 5.69 Å². The Kier molecular flexibility index (Phi) is 6.08. The van der Waals surface area contributed by atoms with E-state index < -0.39 is 20.1 Å². The monoisotopic (exact) mass is 308 g/mol. The number of rotatable bonds is 6. The smallest absolute Gasteiger partial charge is 0.328 e. The molecule has 0 radical (unpaired) electrons. The number of nitrogens with zero attached hydrogens (tertiary/aromatic N) is 1. The number of nitrogens with one attached hydrogen (secondary N) is 1. The van der Waals surface area contributed by atoms with Crippen LogP contribution in [-0.4, -0.2) is 38.1 Å². The summed E-state index contributed by atoms with van der Waals surface area (Å²) in [5.41, 5.74) is 0.298. The topological polar surface area (TPSA) is 68.3 Å². The third-order valence-corrected chi connectivity index (χ3v) is 5.01. The van der Waals surface area contributed by atoms with Gasteiger partial charge in [-0.1, -0.05) is 38.7 Å². The van der Waals surface area contributed by atoms with Crippen LogP contribution < -0.4 is 5.32 Å². The number of pyridine rings is 1. The van der Waals surface area contributed by atoms with Gasteiger partial charge in [-0.05, 0) is 18.1 Å². The highest BCUT2D eigenvalue weighted by Crippen LogP contribution is 2.20. The van der Waals surface area contributed by atoms with Crippen LogP contribution in [0.15, 0.2) is 24.4 Å². The fourth-order valence-corrected chi connectivity index (χ4v) is 4.52. The highest BCUT2D eigenvalue weighted by molar-refractivity contribution is 6.76. The molecule has 6 heteroatoms. The van der Waals surface area contributed by atoms with Gasteiger partial charge in [-0.15, -0.1) is 0 Å². The average molecular weight is 308 g/mol. The number of aromatic nitrogens is 1. The van der Waals surface area contributed by atoms with Gasteiger partial charge in [-0.3, -0.25) is 9.78 Å². The van der Waals surface area contributed by atoms with Crippen LogP contribution in [-0.2, 0) is 9.53 Å². The lowest BCUT2D eigenvalue weighted by Crippen LogP contribution is -2.47. The molecular formula is C15H24N2O3Si. The standard InChI is InChI=1S/C15H24N2O3Si/c1-11(10-21(3,4)5)13(15(19)20-2)17-14(18)12-8-6-7-9-16-12/h6-9,11,13H,10H2,1-5H3,(H,17,18)/t11?,13-/m0/s1. The minimum absolute atomic E-state index is 0.0248. The maximum Gasteiger partial charge on any atom is 0.328 e. The van der Waals surface area contributed by atoms with Gasteiger partial charge in [-0.2, -0.15) is 0 Å². The molecule has 0 aliphatic heterocycles. The Bertz CT molecular complexity index is 485. The molecule has 1 unspecified atom stereocenters. The van der Waals surface area contributed by atoms with E-state index in [1.165, 1.54) is 7.11 Å². The number of carbonyl (C=O) groups is 2. The summed E-state index contributed by atoms with van der Waals surface area (Å²) in [5.74, 6) is -0.741. The summed E-state index contributed by atoms with van der Waals surface area (Å²) < 4.78 is 4.83. The number of ether oxygens (including phenoxy) is 1. The third-order valence-electron chi connectivity index (χ3n) is 3.14. The highest BCUT2D eigenvalue weighted by Gasteiger charge is 2.31. The van der Waals surface area contributed by atoms with Gasteiger partial charge < -0.3 is 10.1 Å². The summed E-state index contributed by atoms with van der Waals surface area (Å²) in [6.07, 6.45) is 1.55. The number of hydrogen-bond acceptors (Lipinski definition) is 4. The van der Waals surface area contributed by atoms with Gasteiger partial charge >= 0.3 is 5.97 Å². The first kappa shape index (κ1) is 17.4. The molecule has 1 N–H and O–H groups in total. The molecule has 0 spiro atoms. The molecule has 116 valence electrons. The fraction of sp³-hybridized carbons (Fsp3) is 0.533. The van der Waals surface area contributed by atoms with E-state index in [1.807, 2.05) is 6.92 Å². The lowest BCUT2D eigenvalue weighted by Gasteiger charge is -2.27. The predicted molar refractivity (Wildman–Crippen MR) is 84.8 cm³/mol. The van der Waals surface area contributed by atoms with Crippen molar-refractivity contribution in [1.29, 1.82) is 0 Å². The number of amides is 1. The van der Waals surface area contributed by atoms with Crippen molar-refractivity contribution in [2.24, 2.45) is 5.92 Å². The molecular weight excluding hydrogens is 284 g/mol. The lowest BCUT2D eigenvalue weighted by atomic mass is 10.0. The average Bonchev–Trinajstić information content (AvgIpc) is 2.42. The first-order valence-electron chi connectivity index (χ1n) is 7.04. The second-order valence-corrected chi connectivity index (χ2v) is 12.0. The molecule has 0 saturated heterocycles. The molecule has 0 aromatic carbocycles. The molecule has 0 saturated carbocycles. The highest BCUT2D eigenvalue weighted by atomic mass is 28.3. The maximum atomic E-state index is 12.2. The van der Waals surface area contributed by atoms with Gasteiger partial charge in [-0.25, -0.2) is 4.79 Å². The van der Waals surface area contributed by atoms with Crippen molar-refractivity contribution in [3.8, 4) is 0 Å². The quantitative estimate of drug-likeness (QED) is 0.647. The Labute approximate surface area is 127 Å². The van der Waals surface area contributed by atoms with Crippen LogP contribution in [0.25, 0.3) is 0 Å². The summed E-state index contributed by atoms with van der Waals surface area (Å²) in [6, 6.07) is 5.38. The van der Waals surface area contributed by atoms with Crippen molar-refractivity contribution in [3.63, 3.8) is 0 Å². The molecule has 1 amide bonds. The summed E-state index contributed by atoms with van der Waals surface area (Å²) in [5, 5.41) is 2.75. The Hall–Kier alpha value is -1.69. The minimum Gasteiger partial charge on any atom is -0.467 e. The number of esters is 1. The normalized spacial score (nSPS) is 14.1. The SMILES string of the molecule is COC(=O)[C@@H](NC(=O)c1ccccn1)C(C)C[Si](C)(C)C. The van der Waals surface area contributed by atoms with Crippen molar-refractivity contribution in [2.45, 2.75) is 38.7 Å². The summed E-state index contributed by atoms with van der Waals surface area (Å²) in [6.45, 7) is 8.67. The van der Waals surface area contributed by atoms with Crippen molar-refractivity contribution in [1.82, 2.24) is 10.3 Å². The van der Waals surface area contributed by atoms with Gasteiger partial charge in [0.15, 0.2) is 0 Å². The molecule has 1 rings (SSSR count). The van der Waals surface area contributed by atoms with E-state index in [4.69, 9.17) is 4.74 Å². The lowest BCUT2D eigenvalue weighted by molar-refractivity contribution is -0.144. The van der Waals surface area contributed by atoms with Gasteiger partial charge in [0.1, 0.15) is 11.7 Å². The largest absolute Gasteiger partial charge is 0.467 e. The summed E-state index contributed by atoms with van der Waals surface area (Å²) in [4.78, 5) is 28.1. The first-order chi connectivity index (χ1) is 9.74. The van der Waals surface area contributed by atoms with E-state index in [2.05, 4.69) is 29.9 Å².